The molecule has 0 aromatic heterocycles. The van der Waals surface area contributed by atoms with Crippen molar-refractivity contribution in [2.45, 2.75) is 31.7 Å². The minimum absolute atomic E-state index is 0.0230. The van der Waals surface area contributed by atoms with Gasteiger partial charge in [-0.25, -0.2) is 4.39 Å². The van der Waals surface area contributed by atoms with E-state index < -0.39 is 5.82 Å². The van der Waals surface area contributed by atoms with E-state index in [1.54, 1.807) is 11.0 Å². The zero-order valence-corrected chi connectivity index (χ0v) is 11.4. The second-order valence-corrected chi connectivity index (χ2v) is 5.20. The zero-order chi connectivity index (χ0) is 13.8. The molecule has 1 heterocycles. The lowest BCUT2D eigenvalue weighted by molar-refractivity contribution is 0.0724. The van der Waals surface area contributed by atoms with Gasteiger partial charge in [0.25, 0.3) is 5.91 Å². The maximum absolute atomic E-state index is 13.4. The summed E-state index contributed by atoms with van der Waals surface area (Å²) in [7, 11) is 0. The lowest BCUT2D eigenvalue weighted by atomic mass is 10.1. The van der Waals surface area contributed by atoms with E-state index in [1.807, 2.05) is 0 Å². The molecule has 0 aliphatic carbocycles. The number of hydrogen-bond donors (Lipinski definition) is 1. The van der Waals surface area contributed by atoms with Crippen LogP contribution >= 0.6 is 11.6 Å². The van der Waals surface area contributed by atoms with E-state index in [-0.39, 0.29) is 23.6 Å². The van der Waals surface area contributed by atoms with Crippen LogP contribution in [0.5, 0.6) is 0 Å². The molecule has 1 aliphatic heterocycles. The molecule has 1 saturated heterocycles. The standard InChI is InChI=1S/C14H17ClFNO2/c15-12-6-5-10(9-13(12)16)14(19)17-7-1-3-11(17)4-2-8-18/h5-6,9,11,18H,1-4,7-8H2. The molecule has 0 radical (unpaired) electrons. The van der Waals surface area contributed by atoms with Crippen molar-refractivity contribution in [3.63, 3.8) is 0 Å². The van der Waals surface area contributed by atoms with Gasteiger partial charge in [0.2, 0.25) is 0 Å². The number of amides is 1. The van der Waals surface area contributed by atoms with Gasteiger partial charge in [0.1, 0.15) is 5.82 Å². The maximum Gasteiger partial charge on any atom is 0.254 e. The fourth-order valence-electron chi connectivity index (χ4n) is 2.53. The number of rotatable bonds is 4. The molecule has 1 unspecified atom stereocenters. The number of likely N-dealkylation sites (tertiary alicyclic amines) is 1. The summed E-state index contributed by atoms with van der Waals surface area (Å²) in [4.78, 5) is 14.1. The Morgan fingerprint density at radius 3 is 3.00 bits per heavy atom. The Morgan fingerprint density at radius 2 is 2.32 bits per heavy atom. The van der Waals surface area contributed by atoms with Gasteiger partial charge < -0.3 is 10.0 Å². The van der Waals surface area contributed by atoms with Crippen molar-refractivity contribution in [1.29, 1.82) is 0 Å². The van der Waals surface area contributed by atoms with E-state index in [2.05, 4.69) is 0 Å². The highest BCUT2D eigenvalue weighted by Gasteiger charge is 2.29. The Morgan fingerprint density at radius 1 is 1.53 bits per heavy atom. The highest BCUT2D eigenvalue weighted by atomic mass is 35.5. The second kappa shape index (κ2) is 6.35. The van der Waals surface area contributed by atoms with Crippen molar-refractivity contribution in [2.75, 3.05) is 13.2 Å². The molecule has 1 fully saturated rings. The Balaban J connectivity index is 2.11. The molecule has 104 valence electrons. The van der Waals surface area contributed by atoms with Gasteiger partial charge >= 0.3 is 0 Å². The molecule has 0 spiro atoms. The molecule has 1 amide bonds. The summed E-state index contributed by atoms with van der Waals surface area (Å²) in [5, 5.41) is 8.89. The van der Waals surface area contributed by atoms with E-state index in [0.717, 1.165) is 19.3 Å². The summed E-state index contributed by atoms with van der Waals surface area (Å²) in [5.74, 6) is -0.727. The zero-order valence-electron chi connectivity index (χ0n) is 10.6. The van der Waals surface area contributed by atoms with E-state index in [0.29, 0.717) is 18.5 Å². The smallest absolute Gasteiger partial charge is 0.254 e. The summed E-state index contributed by atoms with van der Waals surface area (Å²) in [5.41, 5.74) is 0.331. The first-order chi connectivity index (χ1) is 9.13. The fourth-order valence-corrected chi connectivity index (χ4v) is 2.64. The van der Waals surface area contributed by atoms with Crippen LogP contribution in [-0.2, 0) is 0 Å². The predicted octanol–water partition coefficient (Wildman–Crippen LogP) is 2.86. The molecule has 1 aromatic carbocycles. The number of carbonyl (C=O) groups excluding carboxylic acids is 1. The molecule has 0 bridgehead atoms. The van der Waals surface area contributed by atoms with Crippen LogP contribution in [0, 0.1) is 5.82 Å². The largest absolute Gasteiger partial charge is 0.396 e. The van der Waals surface area contributed by atoms with Crippen LogP contribution in [0.4, 0.5) is 4.39 Å². The normalized spacial score (nSPS) is 18.9. The molecule has 5 heteroatoms. The van der Waals surface area contributed by atoms with Gasteiger partial charge in [-0.05, 0) is 43.9 Å². The lowest BCUT2D eigenvalue weighted by Crippen LogP contribution is -2.35. The van der Waals surface area contributed by atoms with Gasteiger partial charge in [-0.1, -0.05) is 11.6 Å². The van der Waals surface area contributed by atoms with E-state index in [1.165, 1.54) is 12.1 Å². The number of hydrogen-bond acceptors (Lipinski definition) is 2. The third-order valence-electron chi connectivity index (χ3n) is 3.50. The molecule has 19 heavy (non-hydrogen) atoms. The van der Waals surface area contributed by atoms with Crippen LogP contribution < -0.4 is 0 Å². The van der Waals surface area contributed by atoms with Gasteiger partial charge in [-0.3, -0.25) is 4.79 Å². The Hall–Kier alpha value is -1.13. The van der Waals surface area contributed by atoms with Crippen molar-refractivity contribution >= 4 is 17.5 Å². The first-order valence-electron chi connectivity index (χ1n) is 6.50. The van der Waals surface area contributed by atoms with Gasteiger partial charge in [0.15, 0.2) is 0 Å². The molecule has 1 atom stereocenters. The van der Waals surface area contributed by atoms with Crippen LogP contribution in [0.25, 0.3) is 0 Å². The van der Waals surface area contributed by atoms with E-state index in [9.17, 15) is 9.18 Å². The molecule has 0 saturated carbocycles. The van der Waals surface area contributed by atoms with Crippen molar-refractivity contribution < 1.29 is 14.3 Å². The summed E-state index contributed by atoms with van der Waals surface area (Å²) < 4.78 is 13.4. The molecule has 3 nitrogen and oxygen atoms in total. The Bertz CT molecular complexity index is 467. The van der Waals surface area contributed by atoms with Crippen LogP contribution in [0.3, 0.4) is 0 Å². The fraction of sp³-hybridized carbons (Fsp3) is 0.500. The molecule has 2 rings (SSSR count). The van der Waals surface area contributed by atoms with Crippen molar-refractivity contribution in [3.8, 4) is 0 Å². The molecule has 1 N–H and O–H groups in total. The second-order valence-electron chi connectivity index (χ2n) is 4.79. The first kappa shape index (κ1) is 14.3. The monoisotopic (exact) mass is 285 g/mol. The summed E-state index contributed by atoms with van der Waals surface area (Å²) in [6.07, 6.45) is 3.38. The topological polar surface area (TPSA) is 40.5 Å². The van der Waals surface area contributed by atoms with Crippen molar-refractivity contribution in [1.82, 2.24) is 4.90 Å². The Kier molecular flexibility index (Phi) is 4.77. The van der Waals surface area contributed by atoms with Crippen LogP contribution in [0.15, 0.2) is 18.2 Å². The first-order valence-corrected chi connectivity index (χ1v) is 6.88. The van der Waals surface area contributed by atoms with Gasteiger partial charge in [-0.2, -0.15) is 0 Å². The highest BCUT2D eigenvalue weighted by Crippen LogP contribution is 2.24. The molecular weight excluding hydrogens is 269 g/mol. The van der Waals surface area contributed by atoms with Crippen LogP contribution in [0.1, 0.15) is 36.0 Å². The summed E-state index contributed by atoms with van der Waals surface area (Å²) in [6, 6.07) is 4.29. The average molecular weight is 286 g/mol. The quantitative estimate of drug-likeness (QED) is 0.924. The third-order valence-corrected chi connectivity index (χ3v) is 3.81. The summed E-state index contributed by atoms with van der Waals surface area (Å²) >= 11 is 5.61. The average Bonchev–Trinajstić information content (AvgIpc) is 2.87. The number of nitrogens with zero attached hydrogens (tertiary/aromatic N) is 1. The van der Waals surface area contributed by atoms with Gasteiger partial charge in [0.05, 0.1) is 5.02 Å². The van der Waals surface area contributed by atoms with Crippen molar-refractivity contribution in [3.05, 3.63) is 34.6 Å². The van der Waals surface area contributed by atoms with Gasteiger partial charge in [0, 0.05) is 24.8 Å². The maximum atomic E-state index is 13.4. The third kappa shape index (κ3) is 3.25. The number of halogens is 2. The Labute approximate surface area is 117 Å². The number of carbonyl (C=O) groups is 1. The predicted molar refractivity (Wildman–Crippen MR) is 71.8 cm³/mol. The van der Waals surface area contributed by atoms with Gasteiger partial charge in [-0.15, -0.1) is 0 Å². The molecule has 1 aromatic rings. The van der Waals surface area contributed by atoms with Crippen molar-refractivity contribution in [2.24, 2.45) is 0 Å². The highest BCUT2D eigenvalue weighted by molar-refractivity contribution is 6.30. The SMILES string of the molecule is O=C(c1ccc(Cl)c(F)c1)N1CCCC1CCCO. The minimum atomic E-state index is -0.571. The number of aliphatic hydroxyl groups is 1. The molecule has 1 aliphatic rings. The lowest BCUT2D eigenvalue weighted by Gasteiger charge is -2.24. The van der Waals surface area contributed by atoms with Crippen LogP contribution in [-0.4, -0.2) is 35.1 Å². The number of benzene rings is 1. The van der Waals surface area contributed by atoms with Crippen LogP contribution in [0.2, 0.25) is 5.02 Å². The number of aliphatic hydroxyl groups excluding tert-OH is 1. The van der Waals surface area contributed by atoms with E-state index >= 15 is 0 Å². The minimum Gasteiger partial charge on any atom is -0.396 e. The van der Waals surface area contributed by atoms with E-state index in [4.69, 9.17) is 16.7 Å². The summed E-state index contributed by atoms with van der Waals surface area (Å²) in [6.45, 7) is 0.827. The molecular formula is C14H17ClFNO2.